The summed E-state index contributed by atoms with van der Waals surface area (Å²) in [6, 6.07) is 4.14. The fourth-order valence-corrected chi connectivity index (χ4v) is 3.31. The Labute approximate surface area is 130 Å². The topological polar surface area (TPSA) is 68.3 Å². The first-order valence-electron chi connectivity index (χ1n) is 6.64. The van der Waals surface area contributed by atoms with Crippen LogP contribution in [0.5, 0.6) is 0 Å². The Morgan fingerprint density at radius 2 is 2.24 bits per heavy atom. The van der Waals surface area contributed by atoms with Crippen LogP contribution in [-0.2, 0) is 9.53 Å². The number of hydrogen-bond donors (Lipinski definition) is 1. The van der Waals surface area contributed by atoms with Crippen molar-refractivity contribution in [2.45, 2.75) is 31.9 Å². The van der Waals surface area contributed by atoms with Crippen molar-refractivity contribution in [3.05, 3.63) is 28.6 Å². The molecule has 5 nitrogen and oxygen atoms in total. The molecule has 1 aliphatic rings. The third kappa shape index (κ3) is 3.48. The van der Waals surface area contributed by atoms with Crippen LogP contribution in [0.15, 0.2) is 22.9 Å². The van der Waals surface area contributed by atoms with Crippen molar-refractivity contribution in [1.82, 2.24) is 10.3 Å². The Hall–Kier alpha value is -1.73. The molecule has 1 aliphatic carbocycles. The van der Waals surface area contributed by atoms with Gasteiger partial charge in [-0.2, -0.15) is 0 Å². The van der Waals surface area contributed by atoms with E-state index in [0.29, 0.717) is 0 Å². The predicted molar refractivity (Wildman–Crippen MR) is 81.5 cm³/mol. The molecule has 2 aromatic heterocycles. The first-order chi connectivity index (χ1) is 10.1. The number of thiophene rings is 1. The lowest BCUT2D eigenvalue weighted by Gasteiger charge is -2.12. The molecule has 0 saturated heterocycles. The molecule has 0 unspecified atom stereocenters. The van der Waals surface area contributed by atoms with Gasteiger partial charge in [-0.25, -0.2) is 9.78 Å². The van der Waals surface area contributed by atoms with Gasteiger partial charge in [0.05, 0.1) is 4.88 Å². The van der Waals surface area contributed by atoms with Crippen molar-refractivity contribution in [1.29, 1.82) is 0 Å². The minimum absolute atomic E-state index is 0.245. The predicted octanol–water partition coefficient (Wildman–Crippen LogP) is 2.70. The largest absolute Gasteiger partial charge is 0.448 e. The summed E-state index contributed by atoms with van der Waals surface area (Å²) in [7, 11) is 0. The van der Waals surface area contributed by atoms with Gasteiger partial charge >= 0.3 is 5.97 Å². The van der Waals surface area contributed by atoms with Gasteiger partial charge < -0.3 is 10.1 Å². The maximum atomic E-state index is 12.0. The Morgan fingerprint density at radius 3 is 2.90 bits per heavy atom. The van der Waals surface area contributed by atoms with Crippen LogP contribution in [0.4, 0.5) is 0 Å². The van der Waals surface area contributed by atoms with Crippen LogP contribution in [0, 0.1) is 0 Å². The maximum absolute atomic E-state index is 12.0. The Balaban J connectivity index is 1.61. The second kappa shape index (κ2) is 5.95. The zero-order chi connectivity index (χ0) is 14.8. The highest BCUT2D eigenvalue weighted by Gasteiger charge is 2.27. The van der Waals surface area contributed by atoms with Gasteiger partial charge in [0.1, 0.15) is 5.01 Å². The Kier molecular flexibility index (Phi) is 4.03. The highest BCUT2D eigenvalue weighted by Crippen LogP contribution is 2.28. The lowest BCUT2D eigenvalue weighted by Crippen LogP contribution is -2.37. The normalized spacial score (nSPS) is 15.5. The van der Waals surface area contributed by atoms with E-state index in [2.05, 4.69) is 10.3 Å². The smallest absolute Gasteiger partial charge is 0.358 e. The van der Waals surface area contributed by atoms with E-state index in [4.69, 9.17) is 4.74 Å². The number of thiazole rings is 1. The van der Waals surface area contributed by atoms with E-state index in [0.717, 1.165) is 22.7 Å². The minimum Gasteiger partial charge on any atom is -0.448 e. The van der Waals surface area contributed by atoms with Crippen molar-refractivity contribution in [2.75, 3.05) is 0 Å². The van der Waals surface area contributed by atoms with Gasteiger partial charge in [0.25, 0.3) is 5.91 Å². The maximum Gasteiger partial charge on any atom is 0.358 e. The van der Waals surface area contributed by atoms with Crippen LogP contribution in [0.25, 0.3) is 9.88 Å². The van der Waals surface area contributed by atoms with E-state index >= 15 is 0 Å². The number of rotatable bonds is 5. The second-order valence-electron chi connectivity index (χ2n) is 4.85. The number of carbonyl (C=O) groups excluding carboxylic acids is 2. The number of amides is 1. The fraction of sp³-hybridized carbons (Fsp3) is 0.357. The zero-order valence-corrected chi connectivity index (χ0v) is 13.0. The first kappa shape index (κ1) is 14.2. The van der Waals surface area contributed by atoms with E-state index in [1.807, 2.05) is 17.5 Å². The number of nitrogens with zero attached hydrogens (tertiary/aromatic N) is 1. The molecule has 2 aromatic rings. The molecule has 3 rings (SSSR count). The first-order valence-corrected chi connectivity index (χ1v) is 8.40. The van der Waals surface area contributed by atoms with Crippen LogP contribution < -0.4 is 5.32 Å². The van der Waals surface area contributed by atoms with Crippen molar-refractivity contribution >= 4 is 34.6 Å². The van der Waals surface area contributed by atoms with Gasteiger partial charge in [0.2, 0.25) is 0 Å². The van der Waals surface area contributed by atoms with Gasteiger partial charge in [-0.15, -0.1) is 22.7 Å². The standard InChI is InChI=1S/C14H14N2O3S2/c1-8(12(17)15-9-4-5-9)19-14(18)10-7-21-13(16-10)11-3-2-6-20-11/h2-3,6-9H,4-5H2,1H3,(H,15,17)/t8-/m1/s1. The molecule has 1 amide bonds. The SMILES string of the molecule is C[C@@H](OC(=O)c1csc(-c2cccs2)n1)C(=O)NC1CC1. The molecule has 110 valence electrons. The third-order valence-corrected chi connectivity index (χ3v) is 4.90. The summed E-state index contributed by atoms with van der Waals surface area (Å²) in [6.07, 6.45) is 1.20. The number of hydrogen-bond acceptors (Lipinski definition) is 6. The summed E-state index contributed by atoms with van der Waals surface area (Å²) in [5, 5.41) is 7.20. The molecule has 0 radical (unpaired) electrons. The van der Waals surface area contributed by atoms with Crippen molar-refractivity contribution < 1.29 is 14.3 Å². The number of ether oxygens (including phenoxy) is 1. The highest BCUT2D eigenvalue weighted by atomic mass is 32.1. The second-order valence-corrected chi connectivity index (χ2v) is 6.65. The zero-order valence-electron chi connectivity index (χ0n) is 11.4. The summed E-state index contributed by atoms with van der Waals surface area (Å²) >= 11 is 2.95. The summed E-state index contributed by atoms with van der Waals surface area (Å²) in [5.74, 6) is -0.813. The lowest BCUT2D eigenvalue weighted by molar-refractivity contribution is -0.129. The van der Waals surface area contributed by atoms with Gasteiger partial charge in [-0.1, -0.05) is 6.07 Å². The quantitative estimate of drug-likeness (QED) is 0.859. The molecule has 2 heterocycles. The number of nitrogens with one attached hydrogen (secondary N) is 1. The van der Waals surface area contributed by atoms with Gasteiger partial charge in [-0.3, -0.25) is 4.79 Å². The molecule has 0 spiro atoms. The van der Waals surface area contributed by atoms with E-state index in [1.165, 1.54) is 11.3 Å². The Bertz CT molecular complexity index is 647. The van der Waals surface area contributed by atoms with Crippen LogP contribution >= 0.6 is 22.7 Å². The summed E-state index contributed by atoms with van der Waals surface area (Å²) < 4.78 is 5.15. The van der Waals surface area contributed by atoms with Gasteiger partial charge in [0.15, 0.2) is 11.8 Å². The molecule has 1 atom stereocenters. The van der Waals surface area contributed by atoms with Crippen molar-refractivity contribution in [3.63, 3.8) is 0 Å². The monoisotopic (exact) mass is 322 g/mol. The molecule has 1 saturated carbocycles. The summed E-state index contributed by atoms with van der Waals surface area (Å²) in [6.45, 7) is 1.57. The van der Waals surface area contributed by atoms with E-state index in [1.54, 1.807) is 23.6 Å². The van der Waals surface area contributed by atoms with Crippen molar-refractivity contribution in [3.8, 4) is 9.88 Å². The summed E-state index contributed by atoms with van der Waals surface area (Å²) in [4.78, 5) is 29.0. The average Bonchev–Trinajstić information content (AvgIpc) is 2.98. The number of aromatic nitrogens is 1. The fourth-order valence-electron chi connectivity index (χ4n) is 1.70. The lowest BCUT2D eigenvalue weighted by atomic mass is 10.3. The van der Waals surface area contributed by atoms with E-state index < -0.39 is 12.1 Å². The van der Waals surface area contributed by atoms with Crippen LogP contribution in [-0.4, -0.2) is 29.0 Å². The highest BCUT2D eigenvalue weighted by molar-refractivity contribution is 7.20. The van der Waals surface area contributed by atoms with Gasteiger partial charge in [0, 0.05) is 11.4 Å². The molecule has 21 heavy (non-hydrogen) atoms. The third-order valence-electron chi connectivity index (χ3n) is 3.02. The van der Waals surface area contributed by atoms with E-state index in [9.17, 15) is 9.59 Å². The average molecular weight is 322 g/mol. The molecule has 7 heteroatoms. The molecule has 0 bridgehead atoms. The molecule has 0 aromatic carbocycles. The van der Waals surface area contributed by atoms with Crippen molar-refractivity contribution in [2.24, 2.45) is 0 Å². The Morgan fingerprint density at radius 1 is 1.43 bits per heavy atom. The van der Waals surface area contributed by atoms with Gasteiger partial charge in [-0.05, 0) is 31.2 Å². The minimum atomic E-state index is -0.801. The molecule has 0 aliphatic heterocycles. The molecular formula is C14H14N2O3S2. The number of esters is 1. The van der Waals surface area contributed by atoms with Crippen LogP contribution in [0.3, 0.4) is 0 Å². The molecule has 1 N–H and O–H groups in total. The van der Waals surface area contributed by atoms with Crippen LogP contribution in [0.2, 0.25) is 0 Å². The van der Waals surface area contributed by atoms with Crippen LogP contribution in [0.1, 0.15) is 30.3 Å². The van der Waals surface area contributed by atoms with E-state index in [-0.39, 0.29) is 17.6 Å². The molecule has 1 fully saturated rings. The summed E-state index contributed by atoms with van der Waals surface area (Å²) in [5.41, 5.74) is 0.245. The number of carbonyl (C=O) groups is 2. The molecular weight excluding hydrogens is 308 g/mol.